The molecule has 0 spiro atoms. The minimum Gasteiger partial charge on any atom is -0.369 e. The van der Waals surface area contributed by atoms with Crippen LogP contribution in [-0.2, 0) is 5.88 Å². The van der Waals surface area contributed by atoms with Crippen LogP contribution in [0.15, 0.2) is 47.3 Å². The van der Waals surface area contributed by atoms with E-state index in [1.54, 1.807) is 12.1 Å². The Bertz CT molecular complexity index is 1040. The first-order chi connectivity index (χ1) is 13.1. The third kappa shape index (κ3) is 3.43. The average Bonchev–Trinajstić information content (AvgIpc) is 2.69. The van der Waals surface area contributed by atoms with Crippen LogP contribution in [0.4, 0.5) is 5.69 Å². The van der Waals surface area contributed by atoms with Crippen molar-refractivity contribution in [3.63, 3.8) is 0 Å². The van der Waals surface area contributed by atoms with Crippen molar-refractivity contribution in [2.45, 2.75) is 5.88 Å². The second kappa shape index (κ2) is 7.50. The molecule has 1 saturated heterocycles. The van der Waals surface area contributed by atoms with E-state index in [0.717, 1.165) is 31.9 Å². The number of alkyl halides is 1. The van der Waals surface area contributed by atoms with Gasteiger partial charge >= 0.3 is 0 Å². The molecule has 0 unspecified atom stereocenters. The van der Waals surface area contributed by atoms with Gasteiger partial charge in [0, 0.05) is 31.9 Å². The molecule has 2 aromatic carbocycles. The molecule has 0 amide bonds. The van der Waals surface area contributed by atoms with Crippen LogP contribution in [0.1, 0.15) is 5.82 Å². The van der Waals surface area contributed by atoms with Gasteiger partial charge in [0.05, 0.1) is 27.5 Å². The number of fused-ring (bicyclic) bond motifs is 1. The molecule has 0 atom stereocenters. The van der Waals surface area contributed by atoms with Gasteiger partial charge in [-0.3, -0.25) is 9.36 Å². The summed E-state index contributed by atoms with van der Waals surface area (Å²) in [6.07, 6.45) is 0. The highest BCUT2D eigenvalue weighted by Gasteiger charge is 2.18. The number of para-hydroxylation sites is 1. The number of likely N-dealkylation sites (N-methyl/N-ethyl adjacent to an activating group) is 1. The standard InChI is InChI=1S/C20H20Cl2N4O/c1-24-8-10-25(11-9-24)14-6-7-15-17(12-14)23-19(13-21)26(20(15)27)18-5-3-2-4-16(18)22/h2-7,12H,8-11,13H2,1H3. The number of aromatic nitrogens is 2. The lowest BCUT2D eigenvalue weighted by molar-refractivity contribution is 0.313. The Morgan fingerprint density at radius 2 is 1.81 bits per heavy atom. The van der Waals surface area contributed by atoms with Crippen molar-refractivity contribution in [1.82, 2.24) is 14.5 Å². The first kappa shape index (κ1) is 18.3. The molecule has 0 bridgehead atoms. The van der Waals surface area contributed by atoms with Gasteiger partial charge in [-0.15, -0.1) is 11.6 Å². The minimum atomic E-state index is -0.159. The quantitative estimate of drug-likeness (QED) is 0.628. The van der Waals surface area contributed by atoms with Gasteiger partial charge in [0.2, 0.25) is 0 Å². The average molecular weight is 403 g/mol. The van der Waals surface area contributed by atoms with Crippen molar-refractivity contribution in [3.8, 4) is 5.69 Å². The Kier molecular flexibility index (Phi) is 5.08. The van der Waals surface area contributed by atoms with Gasteiger partial charge in [-0.1, -0.05) is 23.7 Å². The summed E-state index contributed by atoms with van der Waals surface area (Å²) >= 11 is 12.4. The summed E-state index contributed by atoms with van der Waals surface area (Å²) in [5.41, 5.74) is 2.18. The fraction of sp³-hybridized carbons (Fsp3) is 0.300. The van der Waals surface area contributed by atoms with Crippen LogP contribution in [0.2, 0.25) is 5.02 Å². The highest BCUT2D eigenvalue weighted by atomic mass is 35.5. The number of hydrogen-bond acceptors (Lipinski definition) is 4. The van der Waals surface area contributed by atoms with Crippen molar-refractivity contribution in [2.75, 3.05) is 38.1 Å². The van der Waals surface area contributed by atoms with E-state index >= 15 is 0 Å². The van der Waals surface area contributed by atoms with Crippen LogP contribution in [0, 0.1) is 0 Å². The Morgan fingerprint density at radius 3 is 2.52 bits per heavy atom. The summed E-state index contributed by atoms with van der Waals surface area (Å²) in [5, 5.41) is 1.04. The topological polar surface area (TPSA) is 41.4 Å². The lowest BCUT2D eigenvalue weighted by atomic mass is 10.2. The van der Waals surface area contributed by atoms with E-state index in [1.807, 2.05) is 30.3 Å². The van der Waals surface area contributed by atoms with Crippen LogP contribution in [0.3, 0.4) is 0 Å². The number of anilines is 1. The van der Waals surface area contributed by atoms with Crippen molar-refractivity contribution in [2.24, 2.45) is 0 Å². The molecule has 0 N–H and O–H groups in total. The second-order valence-electron chi connectivity index (χ2n) is 6.75. The lowest BCUT2D eigenvalue weighted by Gasteiger charge is -2.34. The van der Waals surface area contributed by atoms with Crippen LogP contribution in [0.25, 0.3) is 16.6 Å². The van der Waals surface area contributed by atoms with Gasteiger partial charge in [-0.05, 0) is 37.4 Å². The Labute approximate surface area is 167 Å². The summed E-state index contributed by atoms with van der Waals surface area (Å²) in [7, 11) is 2.13. The molecule has 140 valence electrons. The van der Waals surface area contributed by atoms with Crippen LogP contribution < -0.4 is 10.5 Å². The fourth-order valence-corrected chi connectivity index (χ4v) is 3.85. The van der Waals surface area contributed by atoms with E-state index in [-0.39, 0.29) is 11.4 Å². The van der Waals surface area contributed by atoms with Gasteiger partial charge in [0.25, 0.3) is 5.56 Å². The third-order valence-corrected chi connectivity index (χ3v) is 5.56. The first-order valence-corrected chi connectivity index (χ1v) is 9.80. The summed E-state index contributed by atoms with van der Waals surface area (Å²) in [6, 6.07) is 13.0. The third-order valence-electron chi connectivity index (χ3n) is 5.00. The van der Waals surface area contributed by atoms with Gasteiger partial charge in [0.1, 0.15) is 5.82 Å². The zero-order valence-electron chi connectivity index (χ0n) is 15.0. The number of piperazine rings is 1. The number of hydrogen-bond donors (Lipinski definition) is 0. The van der Waals surface area contributed by atoms with E-state index in [0.29, 0.717) is 27.4 Å². The van der Waals surface area contributed by atoms with Crippen molar-refractivity contribution < 1.29 is 0 Å². The number of halogens is 2. The molecule has 27 heavy (non-hydrogen) atoms. The Morgan fingerprint density at radius 1 is 1.07 bits per heavy atom. The van der Waals surface area contributed by atoms with Crippen LogP contribution in [0.5, 0.6) is 0 Å². The molecule has 2 heterocycles. The zero-order valence-corrected chi connectivity index (χ0v) is 16.5. The normalized spacial score (nSPS) is 15.4. The van der Waals surface area contributed by atoms with Gasteiger partial charge in [0.15, 0.2) is 0 Å². The first-order valence-electron chi connectivity index (χ1n) is 8.88. The Balaban J connectivity index is 1.84. The number of benzene rings is 2. The summed E-state index contributed by atoms with van der Waals surface area (Å²) < 4.78 is 1.51. The monoisotopic (exact) mass is 402 g/mol. The molecule has 7 heteroatoms. The molecule has 1 aromatic heterocycles. The number of rotatable bonds is 3. The van der Waals surface area contributed by atoms with Crippen LogP contribution >= 0.6 is 23.2 Å². The summed E-state index contributed by atoms with van der Waals surface area (Å²) in [4.78, 5) is 22.5. The molecule has 3 aromatic rings. The summed E-state index contributed by atoms with van der Waals surface area (Å²) in [6.45, 7) is 3.96. The van der Waals surface area contributed by atoms with E-state index in [1.165, 1.54) is 4.57 Å². The fourth-order valence-electron chi connectivity index (χ4n) is 3.45. The maximum atomic E-state index is 13.2. The molecule has 5 nitrogen and oxygen atoms in total. The predicted octanol–water partition coefficient (Wildman–Crippen LogP) is 3.53. The molecule has 1 aliphatic heterocycles. The molecule has 4 rings (SSSR count). The highest BCUT2D eigenvalue weighted by Crippen LogP contribution is 2.24. The van der Waals surface area contributed by atoms with Gasteiger partial charge < -0.3 is 9.80 Å². The van der Waals surface area contributed by atoms with Crippen molar-refractivity contribution in [3.05, 3.63) is 63.7 Å². The van der Waals surface area contributed by atoms with Crippen molar-refractivity contribution >= 4 is 39.8 Å². The summed E-state index contributed by atoms with van der Waals surface area (Å²) in [5.74, 6) is 0.604. The number of nitrogens with zero attached hydrogens (tertiary/aromatic N) is 4. The smallest absolute Gasteiger partial charge is 0.266 e. The largest absolute Gasteiger partial charge is 0.369 e. The molecular formula is C20H20Cl2N4O. The predicted molar refractivity (Wildman–Crippen MR) is 112 cm³/mol. The van der Waals surface area contributed by atoms with Crippen LogP contribution in [-0.4, -0.2) is 47.7 Å². The zero-order chi connectivity index (χ0) is 19.0. The van der Waals surface area contributed by atoms with E-state index in [9.17, 15) is 4.79 Å². The van der Waals surface area contributed by atoms with Gasteiger partial charge in [-0.25, -0.2) is 4.98 Å². The molecule has 1 aliphatic rings. The van der Waals surface area contributed by atoms with E-state index in [2.05, 4.69) is 21.8 Å². The maximum Gasteiger partial charge on any atom is 0.266 e. The van der Waals surface area contributed by atoms with Gasteiger partial charge in [-0.2, -0.15) is 0 Å². The van der Waals surface area contributed by atoms with E-state index < -0.39 is 0 Å². The SMILES string of the molecule is CN1CCN(c2ccc3c(=O)n(-c4ccccc4Cl)c(CCl)nc3c2)CC1. The molecule has 0 saturated carbocycles. The maximum absolute atomic E-state index is 13.2. The molecule has 0 aliphatic carbocycles. The second-order valence-corrected chi connectivity index (χ2v) is 7.42. The lowest BCUT2D eigenvalue weighted by Crippen LogP contribution is -2.44. The minimum absolute atomic E-state index is 0.120. The molecule has 0 radical (unpaired) electrons. The molecule has 1 fully saturated rings. The van der Waals surface area contributed by atoms with E-state index in [4.69, 9.17) is 23.2 Å². The van der Waals surface area contributed by atoms with Crippen molar-refractivity contribution in [1.29, 1.82) is 0 Å². The highest BCUT2D eigenvalue weighted by molar-refractivity contribution is 6.32. The molecular weight excluding hydrogens is 383 g/mol. The Hall–Kier alpha value is -2.08.